The Bertz CT molecular complexity index is 807. The second-order valence-corrected chi connectivity index (χ2v) is 6.78. The quantitative estimate of drug-likeness (QED) is 0.686. The normalized spacial score (nSPS) is 13.3. The SMILES string of the molecule is CCCN(C(=O)c1ccc(-c2ccc(OC)c(C(C)=O)c2)cc1)C1CC1. The summed E-state index contributed by atoms with van der Waals surface area (Å²) in [6.07, 6.45) is 3.20. The van der Waals surface area contributed by atoms with E-state index in [1.54, 1.807) is 13.2 Å². The summed E-state index contributed by atoms with van der Waals surface area (Å²) in [6, 6.07) is 13.6. The zero-order chi connectivity index (χ0) is 18.7. The minimum Gasteiger partial charge on any atom is -0.496 e. The molecule has 0 aromatic heterocycles. The van der Waals surface area contributed by atoms with Crippen LogP contribution in [0.2, 0.25) is 0 Å². The highest BCUT2D eigenvalue weighted by molar-refractivity contribution is 5.98. The second-order valence-electron chi connectivity index (χ2n) is 6.78. The standard InChI is InChI=1S/C22H25NO3/c1-4-13-23(19-10-11-19)22(25)17-7-5-16(6-8-17)18-9-12-21(26-3)20(14-18)15(2)24/h5-9,12,14,19H,4,10-11,13H2,1-3H3. The first-order valence-corrected chi connectivity index (χ1v) is 9.15. The third kappa shape index (κ3) is 3.79. The Kier molecular flexibility index (Phi) is 5.40. The molecule has 0 radical (unpaired) electrons. The summed E-state index contributed by atoms with van der Waals surface area (Å²) in [4.78, 5) is 26.6. The number of benzene rings is 2. The van der Waals surface area contributed by atoms with Crippen LogP contribution in [0.5, 0.6) is 5.75 Å². The zero-order valence-corrected chi connectivity index (χ0v) is 15.6. The largest absolute Gasteiger partial charge is 0.496 e. The molecule has 3 rings (SSSR count). The van der Waals surface area contributed by atoms with E-state index in [2.05, 4.69) is 6.92 Å². The monoisotopic (exact) mass is 351 g/mol. The molecule has 26 heavy (non-hydrogen) atoms. The Hall–Kier alpha value is -2.62. The molecule has 2 aromatic rings. The molecule has 2 aromatic carbocycles. The molecule has 1 saturated carbocycles. The van der Waals surface area contributed by atoms with Crippen molar-refractivity contribution < 1.29 is 14.3 Å². The van der Waals surface area contributed by atoms with Crippen molar-refractivity contribution in [3.63, 3.8) is 0 Å². The molecule has 0 unspecified atom stereocenters. The van der Waals surface area contributed by atoms with Crippen LogP contribution in [0.15, 0.2) is 42.5 Å². The number of ether oxygens (including phenoxy) is 1. The predicted molar refractivity (Wildman–Crippen MR) is 103 cm³/mol. The number of rotatable bonds is 7. The van der Waals surface area contributed by atoms with E-state index < -0.39 is 0 Å². The van der Waals surface area contributed by atoms with Gasteiger partial charge in [-0.15, -0.1) is 0 Å². The molecule has 0 bridgehead atoms. The number of methoxy groups -OCH3 is 1. The van der Waals surface area contributed by atoms with E-state index >= 15 is 0 Å². The highest BCUT2D eigenvalue weighted by atomic mass is 16.5. The first-order valence-electron chi connectivity index (χ1n) is 9.15. The van der Waals surface area contributed by atoms with E-state index in [-0.39, 0.29) is 11.7 Å². The van der Waals surface area contributed by atoms with E-state index in [4.69, 9.17) is 4.74 Å². The lowest BCUT2D eigenvalue weighted by atomic mass is 9.99. The van der Waals surface area contributed by atoms with Gasteiger partial charge in [-0.05, 0) is 61.6 Å². The Balaban J connectivity index is 1.84. The van der Waals surface area contributed by atoms with Gasteiger partial charge in [0.1, 0.15) is 5.75 Å². The Morgan fingerprint density at radius 3 is 2.27 bits per heavy atom. The van der Waals surface area contributed by atoms with E-state index in [9.17, 15) is 9.59 Å². The summed E-state index contributed by atoms with van der Waals surface area (Å²) >= 11 is 0. The molecule has 4 nitrogen and oxygen atoms in total. The lowest BCUT2D eigenvalue weighted by Gasteiger charge is -2.22. The van der Waals surface area contributed by atoms with E-state index in [0.717, 1.165) is 42.5 Å². The van der Waals surface area contributed by atoms with Gasteiger partial charge in [-0.2, -0.15) is 0 Å². The minimum absolute atomic E-state index is 0.0323. The molecule has 0 spiro atoms. The number of amides is 1. The first kappa shape index (κ1) is 18.2. The lowest BCUT2D eigenvalue weighted by Crippen LogP contribution is -2.33. The average molecular weight is 351 g/mol. The third-order valence-electron chi connectivity index (χ3n) is 4.76. The van der Waals surface area contributed by atoms with Crippen molar-refractivity contribution in [2.45, 2.75) is 39.2 Å². The van der Waals surface area contributed by atoms with Crippen molar-refractivity contribution in [3.8, 4) is 16.9 Å². The van der Waals surface area contributed by atoms with E-state index in [0.29, 0.717) is 17.4 Å². The number of ketones is 1. The highest BCUT2D eigenvalue weighted by Crippen LogP contribution is 2.30. The molecular formula is C22H25NO3. The van der Waals surface area contributed by atoms with Gasteiger partial charge in [-0.25, -0.2) is 0 Å². The maximum Gasteiger partial charge on any atom is 0.254 e. The number of carbonyl (C=O) groups is 2. The maximum atomic E-state index is 12.8. The smallest absolute Gasteiger partial charge is 0.254 e. The van der Waals surface area contributed by atoms with Gasteiger partial charge in [0.15, 0.2) is 5.78 Å². The van der Waals surface area contributed by atoms with E-state index in [1.807, 2.05) is 41.3 Å². The topological polar surface area (TPSA) is 46.6 Å². The van der Waals surface area contributed by atoms with Crippen LogP contribution < -0.4 is 4.74 Å². The molecule has 0 atom stereocenters. The van der Waals surface area contributed by atoms with Gasteiger partial charge >= 0.3 is 0 Å². The second kappa shape index (κ2) is 7.73. The highest BCUT2D eigenvalue weighted by Gasteiger charge is 2.32. The molecule has 0 aliphatic heterocycles. The fourth-order valence-electron chi connectivity index (χ4n) is 3.21. The molecule has 1 amide bonds. The van der Waals surface area contributed by atoms with Gasteiger partial charge in [-0.1, -0.05) is 25.1 Å². The van der Waals surface area contributed by atoms with Crippen LogP contribution in [-0.2, 0) is 0 Å². The Morgan fingerprint density at radius 2 is 1.73 bits per heavy atom. The third-order valence-corrected chi connectivity index (χ3v) is 4.76. The molecule has 1 fully saturated rings. The molecule has 4 heteroatoms. The van der Waals surface area contributed by atoms with Crippen LogP contribution >= 0.6 is 0 Å². The molecule has 0 N–H and O–H groups in total. The van der Waals surface area contributed by atoms with Crippen molar-refractivity contribution >= 4 is 11.7 Å². The lowest BCUT2D eigenvalue weighted by molar-refractivity contribution is 0.0743. The van der Waals surface area contributed by atoms with Crippen molar-refractivity contribution in [3.05, 3.63) is 53.6 Å². The maximum absolute atomic E-state index is 12.8. The summed E-state index contributed by atoms with van der Waals surface area (Å²) < 4.78 is 5.25. The van der Waals surface area contributed by atoms with Gasteiger partial charge in [0.2, 0.25) is 0 Å². The summed E-state index contributed by atoms with van der Waals surface area (Å²) in [7, 11) is 1.56. The van der Waals surface area contributed by atoms with Gasteiger partial charge in [0.25, 0.3) is 5.91 Å². The molecule has 136 valence electrons. The van der Waals surface area contributed by atoms with Crippen LogP contribution in [-0.4, -0.2) is 36.3 Å². The number of nitrogens with zero attached hydrogens (tertiary/aromatic N) is 1. The number of hydrogen-bond acceptors (Lipinski definition) is 3. The first-order chi connectivity index (χ1) is 12.5. The van der Waals surface area contributed by atoms with Crippen LogP contribution in [0.4, 0.5) is 0 Å². The Morgan fingerprint density at radius 1 is 1.08 bits per heavy atom. The predicted octanol–water partition coefficient (Wildman–Crippen LogP) is 4.58. The van der Waals surface area contributed by atoms with Crippen molar-refractivity contribution in [1.82, 2.24) is 4.90 Å². The Labute approximate surface area is 154 Å². The molecule has 1 aliphatic rings. The van der Waals surface area contributed by atoms with Gasteiger partial charge in [0, 0.05) is 18.2 Å². The number of carbonyl (C=O) groups excluding carboxylic acids is 2. The van der Waals surface area contributed by atoms with E-state index in [1.165, 1.54) is 6.92 Å². The fraction of sp³-hybridized carbons (Fsp3) is 0.364. The molecule has 1 aliphatic carbocycles. The molecule has 0 saturated heterocycles. The molecule has 0 heterocycles. The van der Waals surface area contributed by atoms with Crippen LogP contribution in [0.3, 0.4) is 0 Å². The van der Waals surface area contributed by atoms with Crippen molar-refractivity contribution in [2.75, 3.05) is 13.7 Å². The summed E-state index contributed by atoms with van der Waals surface area (Å²) in [5.41, 5.74) is 3.19. The number of Topliss-reactive ketones (excluding diaryl/α,β-unsaturated/α-hetero) is 1. The summed E-state index contributed by atoms with van der Waals surface area (Å²) in [6.45, 7) is 4.44. The molecular weight excluding hydrogens is 326 g/mol. The zero-order valence-electron chi connectivity index (χ0n) is 15.6. The number of hydrogen-bond donors (Lipinski definition) is 0. The minimum atomic E-state index is -0.0323. The van der Waals surface area contributed by atoms with Gasteiger partial charge < -0.3 is 9.64 Å². The fourth-order valence-corrected chi connectivity index (χ4v) is 3.21. The van der Waals surface area contributed by atoms with Gasteiger partial charge in [0.05, 0.1) is 12.7 Å². The summed E-state index contributed by atoms with van der Waals surface area (Å²) in [5.74, 6) is 0.655. The van der Waals surface area contributed by atoms with Crippen molar-refractivity contribution in [2.24, 2.45) is 0 Å². The summed E-state index contributed by atoms with van der Waals surface area (Å²) in [5, 5.41) is 0. The van der Waals surface area contributed by atoms with Crippen LogP contribution in [0.25, 0.3) is 11.1 Å². The van der Waals surface area contributed by atoms with Gasteiger partial charge in [-0.3, -0.25) is 9.59 Å². The van der Waals surface area contributed by atoms with Crippen LogP contribution in [0.1, 0.15) is 53.8 Å². The average Bonchev–Trinajstić information content (AvgIpc) is 3.50. The van der Waals surface area contributed by atoms with Crippen LogP contribution in [0, 0.1) is 0 Å². The van der Waals surface area contributed by atoms with Crippen molar-refractivity contribution in [1.29, 1.82) is 0 Å².